The smallest absolute Gasteiger partial charge is 0.306 e. The van der Waals surface area contributed by atoms with E-state index in [9.17, 15) is 14.4 Å². The third-order valence-corrected chi connectivity index (χ3v) is 16.3. The van der Waals surface area contributed by atoms with Crippen molar-refractivity contribution in [1.82, 2.24) is 0 Å². The van der Waals surface area contributed by atoms with E-state index in [2.05, 4.69) is 81.5 Å². The molecule has 0 aliphatic rings. The SMILES string of the molecule is CC/C=C\C/C=C\C/C=C\C/C=C\CCCCCCCCCCCCCCC(=O)OC(COC(=O)CCCCCCCCCCCCCC)COC(=O)CCCCCCCCCCCCCCCCC/C=C\CCCCCCCCCC. The fraction of sp³-hybridized carbons (Fsp3) is 0.829. The van der Waals surface area contributed by atoms with Crippen molar-refractivity contribution in [2.45, 2.75) is 393 Å². The summed E-state index contributed by atoms with van der Waals surface area (Å²) in [6.07, 6.45) is 91.2. The van der Waals surface area contributed by atoms with Crippen LogP contribution in [0.1, 0.15) is 387 Å². The first kappa shape index (κ1) is 79.1. The normalized spacial score (nSPS) is 12.4. The highest BCUT2D eigenvalue weighted by atomic mass is 16.6. The maximum Gasteiger partial charge on any atom is 0.306 e. The monoisotopic (exact) mass is 1150 g/mol. The fourth-order valence-electron chi connectivity index (χ4n) is 10.8. The summed E-state index contributed by atoms with van der Waals surface area (Å²) in [7, 11) is 0. The van der Waals surface area contributed by atoms with Crippen LogP contribution in [0.4, 0.5) is 0 Å². The van der Waals surface area contributed by atoms with Gasteiger partial charge < -0.3 is 14.2 Å². The number of esters is 3. The van der Waals surface area contributed by atoms with Crippen LogP contribution in [-0.4, -0.2) is 37.2 Å². The number of ether oxygens (including phenoxy) is 3. The van der Waals surface area contributed by atoms with E-state index in [4.69, 9.17) is 14.2 Å². The van der Waals surface area contributed by atoms with Crippen LogP contribution < -0.4 is 0 Å². The summed E-state index contributed by atoms with van der Waals surface area (Å²) < 4.78 is 17.0. The van der Waals surface area contributed by atoms with Crippen LogP contribution in [0.2, 0.25) is 0 Å². The van der Waals surface area contributed by atoms with Gasteiger partial charge in [-0.05, 0) is 83.5 Å². The van der Waals surface area contributed by atoms with Gasteiger partial charge in [0.25, 0.3) is 0 Å². The molecule has 0 spiro atoms. The Morgan fingerprint density at radius 2 is 0.476 bits per heavy atom. The number of unbranched alkanes of at least 4 members (excludes halogenated alkanes) is 46. The van der Waals surface area contributed by atoms with Crippen molar-refractivity contribution >= 4 is 17.9 Å². The molecular formula is C76H138O6. The minimum Gasteiger partial charge on any atom is -0.462 e. The van der Waals surface area contributed by atoms with Gasteiger partial charge in [0.1, 0.15) is 13.2 Å². The van der Waals surface area contributed by atoms with E-state index < -0.39 is 6.10 Å². The third kappa shape index (κ3) is 67.9. The summed E-state index contributed by atoms with van der Waals surface area (Å²) in [4.78, 5) is 38.4. The Bertz CT molecular complexity index is 1460. The Hall–Kier alpha value is -2.89. The molecule has 0 fully saturated rings. The van der Waals surface area contributed by atoms with Crippen molar-refractivity contribution in [3.63, 3.8) is 0 Å². The zero-order valence-corrected chi connectivity index (χ0v) is 55.0. The Morgan fingerprint density at radius 1 is 0.256 bits per heavy atom. The molecule has 82 heavy (non-hydrogen) atoms. The topological polar surface area (TPSA) is 78.9 Å². The van der Waals surface area contributed by atoms with Crippen LogP contribution in [0.5, 0.6) is 0 Å². The molecule has 0 bridgehead atoms. The second kappa shape index (κ2) is 70.6. The van der Waals surface area contributed by atoms with E-state index in [1.165, 1.54) is 263 Å². The van der Waals surface area contributed by atoms with Gasteiger partial charge in [-0.25, -0.2) is 0 Å². The van der Waals surface area contributed by atoms with E-state index in [0.29, 0.717) is 19.3 Å². The van der Waals surface area contributed by atoms with Crippen LogP contribution in [0, 0.1) is 0 Å². The fourth-order valence-corrected chi connectivity index (χ4v) is 10.8. The highest BCUT2D eigenvalue weighted by Gasteiger charge is 2.19. The van der Waals surface area contributed by atoms with Gasteiger partial charge in [0, 0.05) is 19.3 Å². The number of rotatable bonds is 67. The molecule has 0 saturated heterocycles. The molecular weight excluding hydrogens is 1010 g/mol. The molecule has 0 aromatic carbocycles. The Morgan fingerprint density at radius 3 is 0.756 bits per heavy atom. The molecule has 1 unspecified atom stereocenters. The molecule has 0 saturated carbocycles. The van der Waals surface area contributed by atoms with Gasteiger partial charge in [0.2, 0.25) is 0 Å². The quantitative estimate of drug-likeness (QED) is 0.0261. The van der Waals surface area contributed by atoms with Crippen molar-refractivity contribution in [2.75, 3.05) is 13.2 Å². The summed E-state index contributed by atoms with van der Waals surface area (Å²) >= 11 is 0. The van der Waals surface area contributed by atoms with Crippen molar-refractivity contribution in [2.24, 2.45) is 0 Å². The highest BCUT2D eigenvalue weighted by Crippen LogP contribution is 2.18. The minimum absolute atomic E-state index is 0.0696. The summed E-state index contributed by atoms with van der Waals surface area (Å²) in [6.45, 7) is 6.59. The molecule has 0 amide bonds. The van der Waals surface area contributed by atoms with Crippen LogP contribution in [0.3, 0.4) is 0 Å². The molecule has 0 aromatic heterocycles. The van der Waals surface area contributed by atoms with Gasteiger partial charge in [-0.1, -0.05) is 345 Å². The van der Waals surface area contributed by atoms with Crippen LogP contribution in [0.15, 0.2) is 60.8 Å². The molecule has 0 N–H and O–H groups in total. The average molecular weight is 1150 g/mol. The Labute approximate surface area is 510 Å². The molecule has 0 rings (SSSR count). The van der Waals surface area contributed by atoms with Gasteiger partial charge in [-0.2, -0.15) is 0 Å². The van der Waals surface area contributed by atoms with E-state index in [1.54, 1.807) is 0 Å². The molecule has 6 heteroatoms. The maximum absolute atomic E-state index is 13.0. The zero-order chi connectivity index (χ0) is 59.2. The standard InChI is InChI=1S/C76H138O6/c1-4-7-10-13-16-19-22-25-27-29-31-33-35-37-38-40-41-43-45-47-49-51-54-57-60-63-66-69-75(78)81-72-73(71-80-74(77)68-65-62-59-56-53-24-21-18-15-12-9-6-3)82-76(79)70-67-64-61-58-55-52-50-48-46-44-42-39-36-34-32-30-28-26-23-20-17-14-11-8-5-2/h8,11,17,20,26,28-29,31-32,34,73H,4-7,9-10,12-16,18-19,21-25,27,30,33,35-72H2,1-3H3/b11-8-,20-17-,28-26-,31-29-,34-32-. The van der Waals surface area contributed by atoms with Crippen LogP contribution in [0.25, 0.3) is 0 Å². The van der Waals surface area contributed by atoms with E-state index in [1.807, 2.05) is 0 Å². The van der Waals surface area contributed by atoms with E-state index >= 15 is 0 Å². The predicted octanol–water partition coefficient (Wildman–Crippen LogP) is 25.1. The van der Waals surface area contributed by atoms with Crippen molar-refractivity contribution < 1.29 is 28.6 Å². The molecule has 0 heterocycles. The van der Waals surface area contributed by atoms with Crippen molar-refractivity contribution in [1.29, 1.82) is 0 Å². The van der Waals surface area contributed by atoms with Gasteiger partial charge in [-0.3, -0.25) is 14.4 Å². The zero-order valence-electron chi connectivity index (χ0n) is 55.0. The second-order valence-electron chi connectivity index (χ2n) is 24.5. The number of hydrogen-bond donors (Lipinski definition) is 0. The summed E-state index contributed by atoms with van der Waals surface area (Å²) in [5.41, 5.74) is 0. The Balaban J connectivity index is 4.20. The minimum atomic E-state index is -0.774. The van der Waals surface area contributed by atoms with Gasteiger partial charge >= 0.3 is 17.9 Å². The molecule has 0 aromatic rings. The first-order valence-electron chi connectivity index (χ1n) is 36.3. The maximum atomic E-state index is 13.0. The lowest BCUT2D eigenvalue weighted by Gasteiger charge is -2.18. The predicted molar refractivity (Wildman–Crippen MR) is 358 cm³/mol. The lowest BCUT2D eigenvalue weighted by molar-refractivity contribution is -0.167. The number of hydrogen-bond acceptors (Lipinski definition) is 6. The number of carbonyl (C=O) groups is 3. The van der Waals surface area contributed by atoms with Crippen molar-refractivity contribution in [3.8, 4) is 0 Å². The van der Waals surface area contributed by atoms with Gasteiger partial charge in [-0.15, -0.1) is 0 Å². The first-order valence-corrected chi connectivity index (χ1v) is 36.3. The van der Waals surface area contributed by atoms with E-state index in [-0.39, 0.29) is 31.1 Å². The molecule has 0 radical (unpaired) electrons. The van der Waals surface area contributed by atoms with E-state index in [0.717, 1.165) is 83.5 Å². The largest absolute Gasteiger partial charge is 0.462 e. The first-order chi connectivity index (χ1) is 40.5. The molecule has 6 nitrogen and oxygen atoms in total. The van der Waals surface area contributed by atoms with Crippen molar-refractivity contribution in [3.05, 3.63) is 60.8 Å². The molecule has 1 atom stereocenters. The summed E-state index contributed by atoms with van der Waals surface area (Å²) in [6, 6.07) is 0. The second-order valence-corrected chi connectivity index (χ2v) is 24.5. The molecule has 0 aliphatic heterocycles. The number of allylic oxidation sites excluding steroid dienone is 10. The highest BCUT2D eigenvalue weighted by molar-refractivity contribution is 5.71. The van der Waals surface area contributed by atoms with Crippen LogP contribution >= 0.6 is 0 Å². The van der Waals surface area contributed by atoms with Gasteiger partial charge in [0.15, 0.2) is 6.10 Å². The Kier molecular flexibility index (Phi) is 68.1. The summed E-state index contributed by atoms with van der Waals surface area (Å²) in [5.74, 6) is -0.846. The lowest BCUT2D eigenvalue weighted by Crippen LogP contribution is -2.30. The molecule has 0 aliphatic carbocycles. The number of carbonyl (C=O) groups excluding carboxylic acids is 3. The average Bonchev–Trinajstić information content (AvgIpc) is 3.47. The molecule has 478 valence electrons. The van der Waals surface area contributed by atoms with Gasteiger partial charge in [0.05, 0.1) is 0 Å². The lowest BCUT2D eigenvalue weighted by atomic mass is 10.0. The van der Waals surface area contributed by atoms with Crippen LogP contribution in [-0.2, 0) is 28.6 Å². The third-order valence-electron chi connectivity index (χ3n) is 16.3. The summed E-state index contributed by atoms with van der Waals surface area (Å²) in [5, 5.41) is 0.